The van der Waals surface area contributed by atoms with Crippen molar-refractivity contribution in [3.05, 3.63) is 52.2 Å². The number of hydrogen-bond donors (Lipinski definition) is 2. The van der Waals surface area contributed by atoms with Gasteiger partial charge in [-0.25, -0.2) is 4.79 Å². The molecule has 6 heteroatoms. The van der Waals surface area contributed by atoms with Gasteiger partial charge in [-0.1, -0.05) is 6.07 Å². The van der Waals surface area contributed by atoms with Gasteiger partial charge in [-0.2, -0.15) is 0 Å². The van der Waals surface area contributed by atoms with Crippen molar-refractivity contribution in [2.75, 3.05) is 6.61 Å². The van der Waals surface area contributed by atoms with Gasteiger partial charge in [0.25, 0.3) is 5.91 Å². The van der Waals surface area contributed by atoms with E-state index in [9.17, 15) is 9.59 Å². The summed E-state index contributed by atoms with van der Waals surface area (Å²) in [5.74, 6) is -0.892. The Balaban J connectivity index is 1.75. The highest BCUT2D eigenvalue weighted by atomic mass is 32.1. The van der Waals surface area contributed by atoms with Crippen molar-refractivity contribution in [1.29, 1.82) is 0 Å². The highest BCUT2D eigenvalue weighted by molar-refractivity contribution is 7.09. The number of thiophene rings is 1. The van der Waals surface area contributed by atoms with Crippen molar-refractivity contribution >= 4 is 23.2 Å². The lowest BCUT2D eigenvalue weighted by atomic mass is 10.2. The molecule has 0 saturated heterocycles. The molecule has 0 aliphatic heterocycles. The van der Waals surface area contributed by atoms with Crippen LogP contribution in [0.1, 0.15) is 15.2 Å². The Bertz CT molecular complexity index is 578. The average Bonchev–Trinajstić information content (AvgIpc) is 2.96. The molecule has 1 aromatic carbocycles. The Morgan fingerprint density at radius 3 is 2.60 bits per heavy atom. The zero-order valence-corrected chi connectivity index (χ0v) is 11.4. The number of carbonyl (C=O) groups excluding carboxylic acids is 2. The molecule has 0 aliphatic carbocycles. The van der Waals surface area contributed by atoms with Gasteiger partial charge >= 0.3 is 5.97 Å². The molecule has 0 fully saturated rings. The molecule has 1 heterocycles. The van der Waals surface area contributed by atoms with Crippen LogP contribution in [0.15, 0.2) is 41.8 Å². The normalized spacial score (nSPS) is 10.0. The molecule has 0 spiro atoms. The third kappa shape index (κ3) is 4.10. The minimum absolute atomic E-state index is 0.0650. The van der Waals surface area contributed by atoms with Gasteiger partial charge in [-0.3, -0.25) is 4.79 Å². The van der Waals surface area contributed by atoms with Gasteiger partial charge in [-0.05, 0) is 35.7 Å². The second kappa shape index (κ2) is 6.72. The number of nitrogens with one attached hydrogen (secondary N) is 1. The minimum atomic E-state index is -0.601. The van der Waals surface area contributed by atoms with Crippen LogP contribution in [0.4, 0.5) is 0 Å². The van der Waals surface area contributed by atoms with Crippen LogP contribution in [0, 0.1) is 0 Å². The number of aromatic hydroxyl groups is 1. The van der Waals surface area contributed by atoms with Gasteiger partial charge in [0.15, 0.2) is 6.61 Å². The van der Waals surface area contributed by atoms with Crippen molar-refractivity contribution in [2.45, 2.75) is 6.54 Å². The summed E-state index contributed by atoms with van der Waals surface area (Å²) in [6, 6.07) is 9.44. The van der Waals surface area contributed by atoms with Gasteiger partial charge in [0.1, 0.15) is 5.75 Å². The van der Waals surface area contributed by atoms with E-state index in [1.54, 1.807) is 11.3 Å². The molecule has 0 unspecified atom stereocenters. The number of esters is 1. The van der Waals surface area contributed by atoms with Crippen LogP contribution in [0.25, 0.3) is 0 Å². The molecule has 2 rings (SSSR count). The Labute approximate surface area is 119 Å². The Hall–Kier alpha value is -2.34. The summed E-state index contributed by atoms with van der Waals surface area (Å²) in [7, 11) is 0. The molecule has 20 heavy (non-hydrogen) atoms. The lowest BCUT2D eigenvalue weighted by molar-refractivity contribution is -0.124. The molecule has 5 nitrogen and oxygen atoms in total. The highest BCUT2D eigenvalue weighted by Crippen LogP contribution is 2.10. The fraction of sp³-hybridized carbons (Fsp3) is 0.143. The number of benzene rings is 1. The van der Waals surface area contributed by atoms with E-state index in [-0.39, 0.29) is 23.8 Å². The number of amides is 1. The second-order valence-electron chi connectivity index (χ2n) is 3.98. The summed E-state index contributed by atoms with van der Waals surface area (Å²) in [6.07, 6.45) is 0. The Morgan fingerprint density at radius 1 is 1.20 bits per heavy atom. The maximum absolute atomic E-state index is 11.6. The number of ether oxygens (including phenoxy) is 1. The number of rotatable bonds is 5. The first-order valence-electron chi connectivity index (χ1n) is 5.90. The summed E-state index contributed by atoms with van der Waals surface area (Å²) in [5.41, 5.74) is 0.286. The van der Waals surface area contributed by atoms with Crippen molar-refractivity contribution in [3.63, 3.8) is 0 Å². The monoisotopic (exact) mass is 291 g/mol. The van der Waals surface area contributed by atoms with Gasteiger partial charge in [-0.15, -0.1) is 11.3 Å². The number of hydrogen-bond acceptors (Lipinski definition) is 5. The van der Waals surface area contributed by atoms with Gasteiger partial charge in [0.05, 0.1) is 12.1 Å². The topological polar surface area (TPSA) is 75.6 Å². The maximum Gasteiger partial charge on any atom is 0.338 e. The molecule has 0 saturated carbocycles. The Kier molecular flexibility index (Phi) is 4.73. The zero-order chi connectivity index (χ0) is 14.4. The van der Waals surface area contributed by atoms with Crippen molar-refractivity contribution in [2.24, 2.45) is 0 Å². The van der Waals surface area contributed by atoms with Crippen molar-refractivity contribution in [1.82, 2.24) is 5.32 Å². The summed E-state index contributed by atoms with van der Waals surface area (Å²) in [4.78, 5) is 24.1. The van der Waals surface area contributed by atoms with Crippen LogP contribution in [0.3, 0.4) is 0 Å². The van der Waals surface area contributed by atoms with Crippen molar-refractivity contribution < 1.29 is 19.4 Å². The molecule has 104 valence electrons. The van der Waals surface area contributed by atoms with Crippen LogP contribution >= 0.6 is 11.3 Å². The van der Waals surface area contributed by atoms with Crippen LogP contribution in [-0.2, 0) is 16.1 Å². The molecule has 0 radical (unpaired) electrons. The van der Waals surface area contributed by atoms with Gasteiger partial charge in [0.2, 0.25) is 0 Å². The maximum atomic E-state index is 11.6. The van der Waals surface area contributed by atoms with Crippen LogP contribution in [-0.4, -0.2) is 23.6 Å². The first-order chi connectivity index (χ1) is 9.65. The van der Waals surface area contributed by atoms with E-state index in [2.05, 4.69) is 5.32 Å². The minimum Gasteiger partial charge on any atom is -0.508 e. The molecule has 0 aliphatic rings. The number of phenolic OH excluding ortho intramolecular Hbond substituents is 1. The fourth-order valence-corrected chi connectivity index (χ4v) is 2.11. The number of carbonyl (C=O) groups is 2. The number of phenols is 1. The van der Waals surface area contributed by atoms with Gasteiger partial charge < -0.3 is 15.2 Å². The lowest BCUT2D eigenvalue weighted by Gasteiger charge is -2.05. The first kappa shape index (κ1) is 14.1. The van der Waals surface area contributed by atoms with Crippen LogP contribution in [0.2, 0.25) is 0 Å². The first-order valence-corrected chi connectivity index (χ1v) is 6.78. The SMILES string of the molecule is O=C(COC(=O)c1ccc(O)cc1)NCc1cccs1. The molecule has 2 aromatic rings. The van der Waals surface area contributed by atoms with Crippen LogP contribution < -0.4 is 5.32 Å². The molecular formula is C14H13NO4S. The zero-order valence-electron chi connectivity index (χ0n) is 10.5. The van der Waals surface area contributed by atoms with Crippen LogP contribution in [0.5, 0.6) is 5.75 Å². The lowest BCUT2D eigenvalue weighted by Crippen LogP contribution is -2.28. The third-order valence-corrected chi connectivity index (χ3v) is 3.35. The predicted molar refractivity (Wildman–Crippen MR) is 74.6 cm³/mol. The molecule has 1 aromatic heterocycles. The van der Waals surface area contributed by atoms with Crippen molar-refractivity contribution in [3.8, 4) is 5.75 Å². The molecule has 2 N–H and O–H groups in total. The van der Waals surface area contributed by atoms with E-state index < -0.39 is 5.97 Å². The van der Waals surface area contributed by atoms with E-state index in [1.807, 2.05) is 17.5 Å². The summed E-state index contributed by atoms with van der Waals surface area (Å²) < 4.78 is 4.87. The average molecular weight is 291 g/mol. The largest absolute Gasteiger partial charge is 0.508 e. The molecular weight excluding hydrogens is 278 g/mol. The second-order valence-corrected chi connectivity index (χ2v) is 5.01. The third-order valence-electron chi connectivity index (χ3n) is 2.48. The van der Waals surface area contributed by atoms with E-state index in [1.165, 1.54) is 24.3 Å². The van der Waals surface area contributed by atoms with E-state index in [4.69, 9.17) is 9.84 Å². The molecule has 1 amide bonds. The van der Waals surface area contributed by atoms with E-state index in [0.717, 1.165) is 4.88 Å². The quantitative estimate of drug-likeness (QED) is 0.825. The smallest absolute Gasteiger partial charge is 0.338 e. The van der Waals surface area contributed by atoms with Gasteiger partial charge in [0, 0.05) is 4.88 Å². The predicted octanol–water partition coefficient (Wildman–Crippen LogP) is 1.93. The van der Waals surface area contributed by atoms with E-state index >= 15 is 0 Å². The highest BCUT2D eigenvalue weighted by Gasteiger charge is 2.10. The summed E-state index contributed by atoms with van der Waals surface area (Å²) in [6.45, 7) is 0.0956. The van der Waals surface area contributed by atoms with E-state index in [0.29, 0.717) is 6.54 Å². The standard InChI is InChI=1S/C14H13NO4S/c16-11-5-3-10(4-6-11)14(18)19-9-13(17)15-8-12-2-1-7-20-12/h1-7,16H,8-9H2,(H,15,17). The molecule has 0 atom stereocenters. The Morgan fingerprint density at radius 2 is 1.95 bits per heavy atom. The molecule has 0 bridgehead atoms. The summed E-state index contributed by atoms with van der Waals surface area (Å²) >= 11 is 1.54. The fourth-order valence-electron chi connectivity index (χ4n) is 1.46. The summed E-state index contributed by atoms with van der Waals surface area (Å²) in [5, 5.41) is 13.7.